The number of hydrogen-bond acceptors (Lipinski definition) is 3. The lowest BCUT2D eigenvalue weighted by Crippen LogP contribution is -2.02. The third kappa shape index (κ3) is 2.97. The summed E-state index contributed by atoms with van der Waals surface area (Å²) in [6, 6.07) is 11.7. The summed E-state index contributed by atoms with van der Waals surface area (Å²) in [6.45, 7) is 2.15. The van der Waals surface area contributed by atoms with Crippen molar-refractivity contribution in [2.45, 2.75) is 13.3 Å². The second kappa shape index (κ2) is 5.34. The molecular weight excluding hydrogens is 216 g/mol. The van der Waals surface area contributed by atoms with E-state index >= 15 is 0 Å². The van der Waals surface area contributed by atoms with Crippen molar-refractivity contribution in [1.29, 1.82) is 0 Å². The van der Waals surface area contributed by atoms with E-state index in [1.807, 2.05) is 30.3 Å². The maximum Gasteiger partial charge on any atom is 0.341 e. The van der Waals surface area contributed by atoms with E-state index in [2.05, 4.69) is 0 Å². The third-order valence-electron chi connectivity index (χ3n) is 2.39. The van der Waals surface area contributed by atoms with Crippen LogP contribution in [0.25, 0.3) is 0 Å². The summed E-state index contributed by atoms with van der Waals surface area (Å²) < 4.78 is 10.2. The number of ether oxygens (including phenoxy) is 1. The smallest absolute Gasteiger partial charge is 0.341 e. The average Bonchev–Trinajstić information content (AvgIpc) is 2.79. The molecule has 0 aliphatic heterocycles. The molecule has 1 aromatic heterocycles. The van der Waals surface area contributed by atoms with Gasteiger partial charge in [-0.25, -0.2) is 4.79 Å². The molecule has 3 heteroatoms. The van der Waals surface area contributed by atoms with Gasteiger partial charge in [-0.05, 0) is 18.6 Å². The molecule has 0 aliphatic rings. The largest absolute Gasteiger partial charge is 0.468 e. The van der Waals surface area contributed by atoms with Crippen molar-refractivity contribution in [3.63, 3.8) is 0 Å². The Labute approximate surface area is 100 Å². The second-order valence-corrected chi connectivity index (χ2v) is 3.68. The monoisotopic (exact) mass is 230 g/mol. The fourth-order valence-electron chi connectivity index (χ4n) is 1.59. The van der Waals surface area contributed by atoms with E-state index in [0.717, 1.165) is 11.3 Å². The van der Waals surface area contributed by atoms with Crippen LogP contribution < -0.4 is 0 Å². The van der Waals surface area contributed by atoms with E-state index in [9.17, 15) is 4.79 Å². The number of carbonyl (C=O) groups excluding carboxylic acids is 1. The predicted molar refractivity (Wildman–Crippen MR) is 63.9 cm³/mol. The highest BCUT2D eigenvalue weighted by atomic mass is 16.5. The number of rotatable bonds is 4. The maximum absolute atomic E-state index is 11.4. The third-order valence-corrected chi connectivity index (χ3v) is 2.39. The van der Waals surface area contributed by atoms with Crippen molar-refractivity contribution in [2.24, 2.45) is 0 Å². The van der Waals surface area contributed by atoms with Gasteiger partial charge < -0.3 is 9.15 Å². The van der Waals surface area contributed by atoms with Gasteiger partial charge >= 0.3 is 5.97 Å². The molecule has 0 amide bonds. The van der Waals surface area contributed by atoms with Gasteiger partial charge in [0.05, 0.1) is 12.2 Å². The van der Waals surface area contributed by atoms with Crippen LogP contribution in [-0.2, 0) is 11.2 Å². The summed E-state index contributed by atoms with van der Waals surface area (Å²) >= 11 is 0. The first-order valence-corrected chi connectivity index (χ1v) is 5.58. The highest BCUT2D eigenvalue weighted by molar-refractivity contribution is 5.89. The molecule has 1 heterocycles. The number of benzene rings is 1. The SMILES string of the molecule is CCOC(=O)c1coc(Cc2ccccc2)c1. The summed E-state index contributed by atoms with van der Waals surface area (Å²) in [5.74, 6) is 0.426. The molecule has 0 saturated carbocycles. The molecule has 2 aromatic rings. The molecule has 0 bridgehead atoms. The van der Waals surface area contributed by atoms with Gasteiger partial charge in [0.15, 0.2) is 0 Å². The Morgan fingerprint density at radius 1 is 1.29 bits per heavy atom. The standard InChI is InChI=1S/C14H14O3/c1-2-16-14(15)12-9-13(17-10-12)8-11-6-4-3-5-7-11/h3-7,9-10H,2,8H2,1H3. The van der Waals surface area contributed by atoms with Gasteiger partial charge in [-0.1, -0.05) is 30.3 Å². The molecule has 0 unspecified atom stereocenters. The molecule has 0 spiro atoms. The molecule has 0 atom stereocenters. The summed E-state index contributed by atoms with van der Waals surface area (Å²) in [4.78, 5) is 11.4. The van der Waals surface area contributed by atoms with Crippen LogP contribution in [0.1, 0.15) is 28.6 Å². The van der Waals surface area contributed by atoms with Crippen LogP contribution in [-0.4, -0.2) is 12.6 Å². The zero-order valence-corrected chi connectivity index (χ0v) is 9.68. The molecule has 17 heavy (non-hydrogen) atoms. The Bertz CT molecular complexity index is 485. The molecule has 1 aromatic carbocycles. The normalized spacial score (nSPS) is 10.2. The second-order valence-electron chi connectivity index (χ2n) is 3.68. The lowest BCUT2D eigenvalue weighted by molar-refractivity contribution is 0.0525. The number of furan rings is 1. The van der Waals surface area contributed by atoms with Crippen LogP contribution in [0.5, 0.6) is 0 Å². The summed E-state index contributed by atoms with van der Waals surface area (Å²) in [7, 11) is 0. The quantitative estimate of drug-likeness (QED) is 0.758. The first-order chi connectivity index (χ1) is 8.29. The Morgan fingerprint density at radius 2 is 2.06 bits per heavy atom. The van der Waals surface area contributed by atoms with E-state index in [1.54, 1.807) is 13.0 Å². The average molecular weight is 230 g/mol. The van der Waals surface area contributed by atoms with Crippen molar-refractivity contribution in [1.82, 2.24) is 0 Å². The minimum absolute atomic E-state index is 0.337. The van der Waals surface area contributed by atoms with E-state index in [1.165, 1.54) is 6.26 Å². The molecule has 88 valence electrons. The van der Waals surface area contributed by atoms with Gasteiger partial charge in [0.25, 0.3) is 0 Å². The number of hydrogen-bond donors (Lipinski definition) is 0. The van der Waals surface area contributed by atoms with E-state index in [-0.39, 0.29) is 5.97 Å². The zero-order chi connectivity index (χ0) is 12.1. The molecular formula is C14H14O3. The van der Waals surface area contributed by atoms with Crippen molar-refractivity contribution in [3.8, 4) is 0 Å². The van der Waals surface area contributed by atoms with Crippen LogP contribution in [0.3, 0.4) is 0 Å². The van der Waals surface area contributed by atoms with Crippen molar-refractivity contribution >= 4 is 5.97 Å². The molecule has 0 fully saturated rings. The maximum atomic E-state index is 11.4. The van der Waals surface area contributed by atoms with E-state index in [0.29, 0.717) is 18.6 Å². The fourth-order valence-corrected chi connectivity index (χ4v) is 1.59. The Morgan fingerprint density at radius 3 is 2.76 bits per heavy atom. The lowest BCUT2D eigenvalue weighted by Gasteiger charge is -1.97. The summed E-state index contributed by atoms with van der Waals surface area (Å²) in [5, 5.41) is 0. The topological polar surface area (TPSA) is 39.4 Å². The van der Waals surface area contributed by atoms with Crippen molar-refractivity contribution in [3.05, 3.63) is 59.5 Å². The number of esters is 1. The van der Waals surface area contributed by atoms with E-state index < -0.39 is 0 Å². The minimum Gasteiger partial charge on any atom is -0.468 e. The van der Waals surface area contributed by atoms with Gasteiger partial charge in [-0.3, -0.25) is 0 Å². The fraction of sp³-hybridized carbons (Fsp3) is 0.214. The van der Waals surface area contributed by atoms with E-state index in [4.69, 9.17) is 9.15 Å². The predicted octanol–water partition coefficient (Wildman–Crippen LogP) is 3.05. The Kier molecular flexibility index (Phi) is 3.60. The van der Waals surface area contributed by atoms with Crippen molar-refractivity contribution < 1.29 is 13.9 Å². The number of carbonyl (C=O) groups is 1. The van der Waals surface area contributed by atoms with Crippen LogP contribution in [0, 0.1) is 0 Å². The molecule has 0 aliphatic carbocycles. The molecule has 0 saturated heterocycles. The van der Waals surface area contributed by atoms with Crippen LogP contribution >= 0.6 is 0 Å². The minimum atomic E-state index is -0.337. The van der Waals surface area contributed by atoms with Gasteiger partial charge in [0, 0.05) is 6.42 Å². The Hall–Kier alpha value is -2.03. The van der Waals surface area contributed by atoms with Gasteiger partial charge in [-0.15, -0.1) is 0 Å². The summed E-state index contributed by atoms with van der Waals surface area (Å²) in [5.41, 5.74) is 1.62. The van der Waals surface area contributed by atoms with Gasteiger partial charge in [-0.2, -0.15) is 0 Å². The highest BCUT2D eigenvalue weighted by Gasteiger charge is 2.10. The van der Waals surface area contributed by atoms with Gasteiger partial charge in [0.1, 0.15) is 12.0 Å². The first kappa shape index (κ1) is 11.5. The summed E-state index contributed by atoms with van der Waals surface area (Å²) in [6.07, 6.45) is 2.12. The zero-order valence-electron chi connectivity index (χ0n) is 9.68. The molecule has 3 nitrogen and oxygen atoms in total. The molecule has 2 rings (SSSR count). The van der Waals surface area contributed by atoms with Crippen LogP contribution in [0.15, 0.2) is 47.1 Å². The van der Waals surface area contributed by atoms with Crippen LogP contribution in [0.2, 0.25) is 0 Å². The molecule has 0 radical (unpaired) electrons. The van der Waals surface area contributed by atoms with Crippen molar-refractivity contribution in [2.75, 3.05) is 6.61 Å². The molecule has 0 N–H and O–H groups in total. The first-order valence-electron chi connectivity index (χ1n) is 5.58. The lowest BCUT2D eigenvalue weighted by atomic mass is 10.1. The van der Waals surface area contributed by atoms with Crippen LogP contribution in [0.4, 0.5) is 0 Å². The van der Waals surface area contributed by atoms with Gasteiger partial charge in [0.2, 0.25) is 0 Å². The Balaban J connectivity index is 2.06. The highest BCUT2D eigenvalue weighted by Crippen LogP contribution is 2.13.